The van der Waals surface area contributed by atoms with Gasteiger partial charge in [0.1, 0.15) is 0 Å². The number of nitrogens with zero attached hydrogens (tertiary/aromatic N) is 2. The highest BCUT2D eigenvalue weighted by Gasteiger charge is 2.29. The summed E-state index contributed by atoms with van der Waals surface area (Å²) in [6.07, 6.45) is 0.238. The maximum Gasteiger partial charge on any atom is 0.253 e. The van der Waals surface area contributed by atoms with Gasteiger partial charge in [-0.3, -0.25) is 14.4 Å². The van der Waals surface area contributed by atoms with Crippen molar-refractivity contribution < 1.29 is 14.4 Å². The Bertz CT molecular complexity index is 893. The quantitative estimate of drug-likeness (QED) is 0.854. The molecule has 0 bridgehead atoms. The summed E-state index contributed by atoms with van der Waals surface area (Å²) in [5, 5.41) is 5.95. The van der Waals surface area contributed by atoms with Crippen molar-refractivity contribution >= 4 is 34.8 Å². The Kier molecular flexibility index (Phi) is 5.63. The van der Waals surface area contributed by atoms with Gasteiger partial charge in [-0.1, -0.05) is 12.1 Å². The maximum atomic E-state index is 12.9. The van der Waals surface area contributed by atoms with Crippen LogP contribution in [0.3, 0.4) is 0 Å². The molecule has 0 fully saturated rings. The van der Waals surface area contributed by atoms with Gasteiger partial charge in [0.15, 0.2) is 0 Å². The zero-order valence-electron chi connectivity index (χ0n) is 16.2. The van der Waals surface area contributed by atoms with E-state index in [-0.39, 0.29) is 36.7 Å². The van der Waals surface area contributed by atoms with E-state index >= 15 is 0 Å². The van der Waals surface area contributed by atoms with Crippen molar-refractivity contribution in [3.8, 4) is 0 Å². The fourth-order valence-corrected chi connectivity index (χ4v) is 3.22. The van der Waals surface area contributed by atoms with Gasteiger partial charge in [0.25, 0.3) is 5.91 Å². The van der Waals surface area contributed by atoms with Crippen molar-refractivity contribution in [2.24, 2.45) is 0 Å². The second kappa shape index (κ2) is 8.12. The summed E-state index contributed by atoms with van der Waals surface area (Å²) < 4.78 is 0. The third-order valence-corrected chi connectivity index (χ3v) is 4.61. The molecule has 0 saturated carbocycles. The van der Waals surface area contributed by atoms with Crippen molar-refractivity contribution in [1.29, 1.82) is 0 Å². The molecule has 2 aromatic rings. The van der Waals surface area contributed by atoms with Gasteiger partial charge in [-0.2, -0.15) is 0 Å². The van der Waals surface area contributed by atoms with E-state index in [1.54, 1.807) is 49.3 Å². The van der Waals surface area contributed by atoms with E-state index in [0.29, 0.717) is 16.9 Å². The van der Waals surface area contributed by atoms with Gasteiger partial charge >= 0.3 is 0 Å². The second-order valence-electron chi connectivity index (χ2n) is 7.01. The monoisotopic (exact) mass is 380 g/mol. The number of hydrogen-bond donors (Lipinski definition) is 2. The molecule has 1 aliphatic rings. The van der Waals surface area contributed by atoms with Crippen LogP contribution in [0.15, 0.2) is 48.5 Å². The predicted molar refractivity (Wildman–Crippen MR) is 110 cm³/mol. The van der Waals surface area contributed by atoms with Gasteiger partial charge in [-0.15, -0.1) is 0 Å². The number of fused-ring (bicyclic) bond motifs is 1. The van der Waals surface area contributed by atoms with Gasteiger partial charge in [0.2, 0.25) is 11.8 Å². The molecule has 28 heavy (non-hydrogen) atoms. The molecule has 1 heterocycles. The number of amides is 3. The highest BCUT2D eigenvalue weighted by molar-refractivity contribution is 6.05. The highest BCUT2D eigenvalue weighted by atomic mass is 16.2. The van der Waals surface area contributed by atoms with E-state index in [2.05, 4.69) is 10.6 Å². The lowest BCUT2D eigenvalue weighted by molar-refractivity contribution is -0.118. The second-order valence-corrected chi connectivity index (χ2v) is 7.01. The van der Waals surface area contributed by atoms with E-state index in [4.69, 9.17) is 0 Å². The van der Waals surface area contributed by atoms with Crippen LogP contribution in [0, 0.1) is 0 Å². The van der Waals surface area contributed by atoms with Crippen LogP contribution in [-0.2, 0) is 9.59 Å². The van der Waals surface area contributed by atoms with Crippen LogP contribution < -0.4 is 15.5 Å². The van der Waals surface area contributed by atoms with E-state index in [1.807, 2.05) is 25.1 Å². The molecule has 2 N–H and O–H groups in total. The molecule has 7 nitrogen and oxygen atoms in total. The summed E-state index contributed by atoms with van der Waals surface area (Å²) in [4.78, 5) is 40.1. The Hall–Kier alpha value is -3.35. The number of carbonyl (C=O) groups is 3. The van der Waals surface area contributed by atoms with Crippen LogP contribution in [0.5, 0.6) is 0 Å². The van der Waals surface area contributed by atoms with Crippen molar-refractivity contribution in [2.75, 3.05) is 36.2 Å². The normalized spacial score (nSPS) is 15.9. The van der Waals surface area contributed by atoms with E-state index in [0.717, 1.165) is 5.69 Å². The molecular weight excluding hydrogens is 356 g/mol. The topological polar surface area (TPSA) is 81.8 Å². The van der Waals surface area contributed by atoms with Gasteiger partial charge in [-0.25, -0.2) is 0 Å². The molecule has 7 heteroatoms. The summed E-state index contributed by atoms with van der Waals surface area (Å²) in [5.74, 6) is -0.316. The molecular formula is C21H24N4O3. The summed E-state index contributed by atoms with van der Waals surface area (Å²) in [7, 11) is 3.40. The number of para-hydroxylation sites is 2. The predicted octanol–water partition coefficient (Wildman–Crippen LogP) is 2.56. The number of rotatable bonds is 4. The maximum absolute atomic E-state index is 12.9. The van der Waals surface area contributed by atoms with Crippen molar-refractivity contribution in [2.45, 2.75) is 19.4 Å². The van der Waals surface area contributed by atoms with Gasteiger partial charge in [0, 0.05) is 37.8 Å². The Balaban J connectivity index is 1.72. The third kappa shape index (κ3) is 4.14. The molecule has 3 amide bonds. The molecule has 146 valence electrons. The summed E-state index contributed by atoms with van der Waals surface area (Å²) in [6, 6.07) is 14.0. The zero-order chi connectivity index (χ0) is 20.3. The van der Waals surface area contributed by atoms with Crippen LogP contribution >= 0.6 is 0 Å². The molecule has 1 aliphatic heterocycles. The minimum atomic E-state index is -0.252. The molecule has 1 unspecified atom stereocenters. The zero-order valence-corrected chi connectivity index (χ0v) is 16.2. The minimum Gasteiger partial charge on any atom is -0.376 e. The molecule has 0 spiro atoms. The largest absolute Gasteiger partial charge is 0.376 e. The average molecular weight is 380 g/mol. The van der Waals surface area contributed by atoms with Crippen molar-refractivity contribution in [1.82, 2.24) is 4.90 Å². The smallest absolute Gasteiger partial charge is 0.253 e. The fraction of sp³-hybridized carbons (Fsp3) is 0.286. The van der Waals surface area contributed by atoms with Crippen molar-refractivity contribution in [3.05, 3.63) is 54.1 Å². The summed E-state index contributed by atoms with van der Waals surface area (Å²) in [6.45, 7) is 1.94. The molecule has 3 rings (SSSR count). The van der Waals surface area contributed by atoms with Crippen LogP contribution in [0.1, 0.15) is 23.7 Å². The Morgan fingerprint density at radius 1 is 1.14 bits per heavy atom. The van der Waals surface area contributed by atoms with Crippen molar-refractivity contribution in [3.63, 3.8) is 0 Å². The molecule has 0 saturated heterocycles. The summed E-state index contributed by atoms with van der Waals surface area (Å²) >= 11 is 0. The SMILES string of the molecule is CC1CC(=O)Nc2ccccc2N1C(=O)CNc1ccc(C(=O)N(C)C)cc1. The molecule has 2 aromatic carbocycles. The molecule has 0 radical (unpaired) electrons. The first kappa shape index (κ1) is 19.4. The Morgan fingerprint density at radius 3 is 2.50 bits per heavy atom. The lowest BCUT2D eigenvalue weighted by Gasteiger charge is -2.28. The van der Waals surface area contributed by atoms with Crippen LogP contribution in [-0.4, -0.2) is 49.3 Å². The van der Waals surface area contributed by atoms with Gasteiger partial charge < -0.3 is 20.4 Å². The lowest BCUT2D eigenvalue weighted by atomic mass is 10.1. The van der Waals surface area contributed by atoms with E-state index in [1.165, 1.54) is 4.90 Å². The number of carbonyl (C=O) groups excluding carboxylic acids is 3. The standard InChI is InChI=1S/C21H24N4O3/c1-14-12-19(26)23-17-6-4-5-7-18(17)25(14)20(27)13-22-16-10-8-15(9-11-16)21(28)24(2)3/h4-11,14,22H,12-13H2,1-3H3,(H,23,26). The Labute approximate surface area is 164 Å². The van der Waals surface area contributed by atoms with Crippen LogP contribution in [0.2, 0.25) is 0 Å². The average Bonchev–Trinajstić information content (AvgIpc) is 2.80. The molecule has 0 aromatic heterocycles. The third-order valence-electron chi connectivity index (χ3n) is 4.61. The lowest BCUT2D eigenvalue weighted by Crippen LogP contribution is -2.42. The number of benzene rings is 2. The van der Waals surface area contributed by atoms with Crippen LogP contribution in [0.25, 0.3) is 0 Å². The molecule has 0 aliphatic carbocycles. The van der Waals surface area contributed by atoms with Crippen LogP contribution in [0.4, 0.5) is 17.1 Å². The first-order valence-electron chi connectivity index (χ1n) is 9.13. The number of nitrogens with one attached hydrogen (secondary N) is 2. The minimum absolute atomic E-state index is 0.0743. The first-order valence-corrected chi connectivity index (χ1v) is 9.13. The van der Waals surface area contributed by atoms with Gasteiger partial charge in [-0.05, 0) is 43.3 Å². The highest BCUT2D eigenvalue weighted by Crippen LogP contribution is 2.31. The Morgan fingerprint density at radius 2 is 1.82 bits per heavy atom. The number of hydrogen-bond acceptors (Lipinski definition) is 4. The summed E-state index contributed by atoms with van der Waals surface area (Å²) in [5.41, 5.74) is 2.66. The van der Waals surface area contributed by atoms with E-state index < -0.39 is 0 Å². The first-order chi connectivity index (χ1) is 13.4. The molecule has 1 atom stereocenters. The fourth-order valence-electron chi connectivity index (χ4n) is 3.22. The van der Waals surface area contributed by atoms with E-state index in [9.17, 15) is 14.4 Å². The van der Waals surface area contributed by atoms with Gasteiger partial charge in [0.05, 0.1) is 17.9 Å². The number of anilines is 3.